The van der Waals surface area contributed by atoms with Gasteiger partial charge in [0.1, 0.15) is 0 Å². The van der Waals surface area contributed by atoms with Crippen LogP contribution in [0, 0.1) is 11.3 Å². The third-order valence-electron chi connectivity index (χ3n) is 3.24. The number of hydrogen-bond acceptors (Lipinski definition) is 3. The third kappa shape index (κ3) is 1.65. The molecule has 0 saturated carbocycles. The number of anilines is 1. The fourth-order valence-corrected chi connectivity index (χ4v) is 3.66. The number of rotatable bonds is 0. The van der Waals surface area contributed by atoms with Gasteiger partial charge in [0.25, 0.3) is 0 Å². The first kappa shape index (κ1) is 10.5. The van der Waals surface area contributed by atoms with Crippen molar-refractivity contribution in [3.05, 3.63) is 48.1 Å². The molecule has 0 spiro atoms. The average Bonchev–Trinajstić information content (AvgIpc) is 2.39. The van der Waals surface area contributed by atoms with Crippen molar-refractivity contribution in [2.75, 3.05) is 11.9 Å². The number of allylic oxidation sites excluding steroid dienone is 2. The van der Waals surface area contributed by atoms with Crippen molar-refractivity contribution >= 4 is 17.4 Å². The monoisotopic (exact) mass is 240 g/mol. The lowest BCUT2D eigenvalue weighted by atomic mass is 10.0. The highest BCUT2D eigenvalue weighted by atomic mass is 32.2. The van der Waals surface area contributed by atoms with Gasteiger partial charge in [-0.05, 0) is 24.3 Å². The van der Waals surface area contributed by atoms with Gasteiger partial charge in [-0.1, -0.05) is 18.2 Å². The minimum Gasteiger partial charge on any atom is -0.366 e. The molecule has 0 fully saturated rings. The van der Waals surface area contributed by atoms with E-state index in [2.05, 4.69) is 54.4 Å². The predicted molar refractivity (Wildman–Crippen MR) is 71.1 cm³/mol. The molecular formula is C14H12N2S. The maximum absolute atomic E-state index is 8.97. The Labute approximate surface area is 105 Å². The standard InChI is InChI=1S/C14H12N2S/c1-16-11-4-2-3-5-13(11)17-14-7-6-10(9-15)8-12(14)16/h2-8,12,14H,1H3/t12-,14+/m0/s1. The summed E-state index contributed by atoms with van der Waals surface area (Å²) < 4.78 is 0. The van der Waals surface area contributed by atoms with E-state index >= 15 is 0 Å². The van der Waals surface area contributed by atoms with Crippen LogP contribution < -0.4 is 4.90 Å². The van der Waals surface area contributed by atoms with Gasteiger partial charge in [-0.2, -0.15) is 5.26 Å². The Kier molecular flexibility index (Phi) is 2.45. The fourth-order valence-electron chi connectivity index (χ4n) is 2.32. The number of benzene rings is 1. The van der Waals surface area contributed by atoms with Crippen molar-refractivity contribution < 1.29 is 0 Å². The number of para-hydroxylation sites is 1. The second-order valence-electron chi connectivity index (χ2n) is 4.24. The smallest absolute Gasteiger partial charge is 0.0988 e. The summed E-state index contributed by atoms with van der Waals surface area (Å²) >= 11 is 1.87. The molecule has 1 heterocycles. The first-order chi connectivity index (χ1) is 8.29. The maximum Gasteiger partial charge on any atom is 0.0988 e. The van der Waals surface area contributed by atoms with E-state index in [1.807, 2.05) is 17.8 Å². The molecule has 0 radical (unpaired) electrons. The quantitative estimate of drug-likeness (QED) is 0.697. The van der Waals surface area contributed by atoms with Crippen LogP contribution in [-0.4, -0.2) is 18.3 Å². The van der Waals surface area contributed by atoms with E-state index in [0.717, 1.165) is 5.57 Å². The van der Waals surface area contributed by atoms with Crippen LogP contribution in [0.3, 0.4) is 0 Å². The molecule has 3 rings (SSSR count). The van der Waals surface area contributed by atoms with E-state index in [1.165, 1.54) is 10.6 Å². The van der Waals surface area contributed by atoms with E-state index in [0.29, 0.717) is 5.25 Å². The number of nitriles is 1. The van der Waals surface area contributed by atoms with Gasteiger partial charge < -0.3 is 4.90 Å². The molecule has 1 aliphatic carbocycles. The molecule has 1 aromatic carbocycles. The molecule has 0 saturated heterocycles. The molecule has 0 N–H and O–H groups in total. The Hall–Kier alpha value is -1.66. The average molecular weight is 240 g/mol. The van der Waals surface area contributed by atoms with Crippen molar-refractivity contribution in [1.29, 1.82) is 5.26 Å². The molecule has 3 heteroatoms. The molecule has 0 bridgehead atoms. The Balaban J connectivity index is 2.04. The largest absolute Gasteiger partial charge is 0.366 e. The zero-order chi connectivity index (χ0) is 11.8. The topological polar surface area (TPSA) is 27.0 Å². The van der Waals surface area contributed by atoms with Gasteiger partial charge in [0, 0.05) is 17.5 Å². The molecule has 0 unspecified atom stereocenters. The lowest BCUT2D eigenvalue weighted by Gasteiger charge is -2.39. The summed E-state index contributed by atoms with van der Waals surface area (Å²) in [4.78, 5) is 3.58. The molecule has 2 aliphatic rings. The third-order valence-corrected chi connectivity index (χ3v) is 4.54. The maximum atomic E-state index is 8.97. The van der Waals surface area contributed by atoms with Crippen molar-refractivity contribution in [3.8, 4) is 6.07 Å². The first-order valence-corrected chi connectivity index (χ1v) is 6.46. The Bertz CT molecular complexity index is 554. The minimum absolute atomic E-state index is 0.287. The zero-order valence-electron chi connectivity index (χ0n) is 9.50. The number of nitrogens with zero attached hydrogens (tertiary/aromatic N) is 2. The van der Waals surface area contributed by atoms with Crippen LogP contribution in [0.15, 0.2) is 53.0 Å². The second kappa shape index (κ2) is 3.97. The number of hydrogen-bond donors (Lipinski definition) is 0. The van der Waals surface area contributed by atoms with Crippen molar-refractivity contribution in [3.63, 3.8) is 0 Å². The number of fused-ring (bicyclic) bond motifs is 2. The van der Waals surface area contributed by atoms with Crippen LogP contribution in [0.25, 0.3) is 0 Å². The summed E-state index contributed by atoms with van der Waals surface area (Å²) in [7, 11) is 2.10. The molecule has 1 aliphatic heterocycles. The van der Waals surface area contributed by atoms with Crippen molar-refractivity contribution in [2.24, 2.45) is 0 Å². The molecule has 0 amide bonds. The highest BCUT2D eigenvalue weighted by Crippen LogP contribution is 2.43. The SMILES string of the molecule is CN1c2ccccc2S[C@@H]2C=CC(C#N)=C[C@@H]21. The summed E-state index contributed by atoms with van der Waals surface area (Å²) in [6, 6.07) is 10.9. The summed E-state index contributed by atoms with van der Waals surface area (Å²) in [5.41, 5.74) is 2.01. The van der Waals surface area contributed by atoms with Crippen LogP contribution in [-0.2, 0) is 0 Å². The van der Waals surface area contributed by atoms with Gasteiger partial charge in [-0.25, -0.2) is 0 Å². The molecule has 0 aromatic heterocycles. The normalized spacial score (nSPS) is 25.6. The van der Waals surface area contributed by atoms with Gasteiger partial charge in [0.15, 0.2) is 0 Å². The van der Waals surface area contributed by atoms with Gasteiger partial charge in [-0.3, -0.25) is 0 Å². The highest BCUT2D eigenvalue weighted by Gasteiger charge is 2.31. The predicted octanol–water partition coefficient (Wildman–Crippen LogP) is 2.99. The van der Waals surface area contributed by atoms with Gasteiger partial charge in [0.05, 0.1) is 23.0 Å². The van der Waals surface area contributed by atoms with E-state index < -0.39 is 0 Å². The lowest BCUT2D eigenvalue weighted by Crippen LogP contribution is -2.41. The molecule has 2 atom stereocenters. The first-order valence-electron chi connectivity index (χ1n) is 5.58. The summed E-state index contributed by atoms with van der Waals surface area (Å²) in [5, 5.41) is 9.38. The fraction of sp³-hybridized carbons (Fsp3) is 0.214. The van der Waals surface area contributed by atoms with Gasteiger partial charge in [0.2, 0.25) is 0 Å². The Morgan fingerprint density at radius 1 is 1.35 bits per heavy atom. The number of thioether (sulfide) groups is 1. The Morgan fingerprint density at radius 3 is 3.00 bits per heavy atom. The van der Waals surface area contributed by atoms with E-state index in [-0.39, 0.29) is 6.04 Å². The van der Waals surface area contributed by atoms with Crippen LogP contribution in [0.2, 0.25) is 0 Å². The highest BCUT2D eigenvalue weighted by molar-refractivity contribution is 8.00. The van der Waals surface area contributed by atoms with Gasteiger partial charge >= 0.3 is 0 Å². The summed E-state index contributed by atoms with van der Waals surface area (Å²) in [6.07, 6.45) is 6.13. The molecule has 1 aromatic rings. The number of likely N-dealkylation sites (N-methyl/N-ethyl adjacent to an activating group) is 1. The minimum atomic E-state index is 0.287. The molecule has 84 valence electrons. The van der Waals surface area contributed by atoms with Crippen LogP contribution in [0.4, 0.5) is 5.69 Å². The van der Waals surface area contributed by atoms with Crippen LogP contribution in [0.5, 0.6) is 0 Å². The van der Waals surface area contributed by atoms with Crippen LogP contribution in [0.1, 0.15) is 0 Å². The van der Waals surface area contributed by atoms with Gasteiger partial charge in [-0.15, -0.1) is 11.8 Å². The summed E-state index contributed by atoms with van der Waals surface area (Å²) in [5.74, 6) is 0. The molecular weight excluding hydrogens is 228 g/mol. The van der Waals surface area contributed by atoms with Crippen molar-refractivity contribution in [1.82, 2.24) is 0 Å². The van der Waals surface area contributed by atoms with E-state index in [4.69, 9.17) is 5.26 Å². The molecule has 17 heavy (non-hydrogen) atoms. The lowest BCUT2D eigenvalue weighted by molar-refractivity contribution is 0.743. The zero-order valence-corrected chi connectivity index (χ0v) is 10.3. The Morgan fingerprint density at radius 2 is 2.18 bits per heavy atom. The van der Waals surface area contributed by atoms with E-state index in [1.54, 1.807) is 0 Å². The molecule has 2 nitrogen and oxygen atoms in total. The van der Waals surface area contributed by atoms with Crippen molar-refractivity contribution in [2.45, 2.75) is 16.2 Å². The van der Waals surface area contributed by atoms with Crippen LogP contribution >= 0.6 is 11.8 Å². The second-order valence-corrected chi connectivity index (χ2v) is 5.46. The summed E-state index contributed by atoms with van der Waals surface area (Å²) in [6.45, 7) is 0. The van der Waals surface area contributed by atoms with E-state index in [9.17, 15) is 0 Å².